The number of piperidine rings is 1. The van der Waals surface area contributed by atoms with Crippen LogP contribution in [0.2, 0.25) is 0 Å². The molecule has 2 aliphatic heterocycles. The highest BCUT2D eigenvalue weighted by Gasteiger charge is 2.36. The van der Waals surface area contributed by atoms with Crippen LogP contribution in [0.15, 0.2) is 0 Å². The van der Waals surface area contributed by atoms with Gasteiger partial charge in [-0.05, 0) is 51.6 Å². The Hall–Kier alpha value is -0.260. The lowest BCUT2D eigenvalue weighted by atomic mass is 10.0. The number of carbonyl (C=O) groups is 1. The molecule has 0 spiro atoms. The van der Waals surface area contributed by atoms with Crippen molar-refractivity contribution < 1.29 is 4.79 Å². The second-order valence-corrected chi connectivity index (χ2v) is 6.62. The zero-order valence-corrected chi connectivity index (χ0v) is 13.0. The second kappa shape index (κ2) is 7.50. The van der Waals surface area contributed by atoms with Gasteiger partial charge >= 0.3 is 0 Å². The summed E-state index contributed by atoms with van der Waals surface area (Å²) in [5, 5.41) is 3.41. The van der Waals surface area contributed by atoms with Crippen molar-refractivity contribution in [2.75, 3.05) is 45.2 Å². The van der Waals surface area contributed by atoms with Crippen molar-refractivity contribution in [2.24, 2.45) is 0 Å². The topological polar surface area (TPSA) is 35.6 Å². The Labute approximate surface area is 121 Å². The molecule has 2 fully saturated rings. The van der Waals surface area contributed by atoms with E-state index >= 15 is 0 Å². The van der Waals surface area contributed by atoms with E-state index in [1.165, 1.54) is 19.3 Å². The molecule has 1 amide bonds. The molecule has 0 aromatic rings. The number of hydrogen-bond donors (Lipinski definition) is 1. The third-order valence-corrected chi connectivity index (χ3v) is 4.95. The SMILES string of the molecule is CSCCN(C)C(=O)C1CCCN1C1CCNCC1. The molecule has 0 bridgehead atoms. The molecule has 19 heavy (non-hydrogen) atoms. The van der Waals surface area contributed by atoms with Gasteiger partial charge in [-0.25, -0.2) is 0 Å². The third-order valence-electron chi connectivity index (χ3n) is 4.36. The Balaban J connectivity index is 1.91. The molecule has 2 saturated heterocycles. The molecule has 0 aliphatic carbocycles. The van der Waals surface area contributed by atoms with E-state index in [9.17, 15) is 4.79 Å². The normalized spacial score (nSPS) is 25.7. The van der Waals surface area contributed by atoms with Crippen molar-refractivity contribution >= 4 is 17.7 Å². The quantitative estimate of drug-likeness (QED) is 0.818. The van der Waals surface area contributed by atoms with E-state index in [2.05, 4.69) is 16.5 Å². The van der Waals surface area contributed by atoms with Crippen molar-refractivity contribution in [3.05, 3.63) is 0 Å². The zero-order chi connectivity index (χ0) is 13.7. The monoisotopic (exact) mass is 285 g/mol. The molecule has 110 valence electrons. The summed E-state index contributed by atoms with van der Waals surface area (Å²) in [7, 11) is 1.96. The maximum Gasteiger partial charge on any atom is 0.239 e. The van der Waals surface area contributed by atoms with Crippen LogP contribution in [0.5, 0.6) is 0 Å². The highest BCUT2D eigenvalue weighted by molar-refractivity contribution is 7.98. The van der Waals surface area contributed by atoms with E-state index in [0.29, 0.717) is 11.9 Å². The largest absolute Gasteiger partial charge is 0.344 e. The van der Waals surface area contributed by atoms with E-state index in [1.54, 1.807) is 11.8 Å². The van der Waals surface area contributed by atoms with Gasteiger partial charge in [-0.1, -0.05) is 0 Å². The lowest BCUT2D eigenvalue weighted by Crippen LogP contribution is -2.51. The summed E-state index contributed by atoms with van der Waals surface area (Å²) in [5.74, 6) is 1.37. The van der Waals surface area contributed by atoms with Crippen LogP contribution in [0.3, 0.4) is 0 Å². The maximum atomic E-state index is 12.6. The smallest absolute Gasteiger partial charge is 0.239 e. The van der Waals surface area contributed by atoms with E-state index in [4.69, 9.17) is 0 Å². The predicted molar refractivity (Wildman–Crippen MR) is 81.6 cm³/mol. The first-order valence-electron chi connectivity index (χ1n) is 7.44. The second-order valence-electron chi connectivity index (χ2n) is 5.63. The Morgan fingerprint density at radius 1 is 1.37 bits per heavy atom. The molecule has 2 rings (SSSR count). The molecule has 2 aliphatic rings. The first-order valence-corrected chi connectivity index (χ1v) is 8.84. The highest BCUT2D eigenvalue weighted by atomic mass is 32.2. The van der Waals surface area contributed by atoms with Crippen LogP contribution in [0.1, 0.15) is 25.7 Å². The maximum absolute atomic E-state index is 12.6. The van der Waals surface area contributed by atoms with Gasteiger partial charge < -0.3 is 10.2 Å². The molecule has 0 aromatic carbocycles. The van der Waals surface area contributed by atoms with Gasteiger partial charge in [0, 0.05) is 25.4 Å². The van der Waals surface area contributed by atoms with E-state index < -0.39 is 0 Å². The van der Waals surface area contributed by atoms with E-state index in [0.717, 1.165) is 38.4 Å². The van der Waals surface area contributed by atoms with Crippen molar-refractivity contribution in [1.82, 2.24) is 15.1 Å². The van der Waals surface area contributed by atoms with Crippen molar-refractivity contribution in [3.8, 4) is 0 Å². The number of amides is 1. The van der Waals surface area contributed by atoms with Crippen LogP contribution in [-0.2, 0) is 4.79 Å². The van der Waals surface area contributed by atoms with Gasteiger partial charge in [0.15, 0.2) is 0 Å². The number of thioether (sulfide) groups is 1. The summed E-state index contributed by atoms with van der Waals surface area (Å²) in [6.07, 6.45) is 6.70. The van der Waals surface area contributed by atoms with Gasteiger partial charge in [0.25, 0.3) is 0 Å². The van der Waals surface area contributed by atoms with Crippen LogP contribution >= 0.6 is 11.8 Å². The van der Waals surface area contributed by atoms with Gasteiger partial charge in [0.1, 0.15) is 0 Å². The predicted octanol–water partition coefficient (Wildman–Crippen LogP) is 1.02. The molecule has 1 atom stereocenters. The van der Waals surface area contributed by atoms with Gasteiger partial charge in [-0.15, -0.1) is 0 Å². The molecule has 0 aromatic heterocycles. The van der Waals surface area contributed by atoms with Gasteiger partial charge in [0.2, 0.25) is 5.91 Å². The van der Waals surface area contributed by atoms with Gasteiger partial charge in [0.05, 0.1) is 6.04 Å². The molecular weight excluding hydrogens is 258 g/mol. The first kappa shape index (κ1) is 15.1. The van der Waals surface area contributed by atoms with Crippen molar-refractivity contribution in [2.45, 2.75) is 37.8 Å². The number of carbonyl (C=O) groups excluding carboxylic acids is 1. The molecule has 1 unspecified atom stereocenters. The fourth-order valence-electron chi connectivity index (χ4n) is 3.22. The average molecular weight is 285 g/mol. The standard InChI is InChI=1S/C14H27N3OS/c1-16(10-11-19-2)14(18)13-4-3-9-17(13)12-5-7-15-8-6-12/h12-13,15H,3-11H2,1-2H3. The summed E-state index contributed by atoms with van der Waals surface area (Å²) in [4.78, 5) is 17.0. The van der Waals surface area contributed by atoms with Crippen LogP contribution in [0, 0.1) is 0 Å². The number of nitrogens with zero attached hydrogens (tertiary/aromatic N) is 2. The molecule has 1 N–H and O–H groups in total. The summed E-state index contributed by atoms with van der Waals surface area (Å²) >= 11 is 1.80. The number of likely N-dealkylation sites (N-methyl/N-ethyl adjacent to an activating group) is 1. The van der Waals surface area contributed by atoms with Crippen LogP contribution in [0.4, 0.5) is 0 Å². The lowest BCUT2D eigenvalue weighted by Gasteiger charge is -2.36. The fourth-order valence-corrected chi connectivity index (χ4v) is 3.68. The summed E-state index contributed by atoms with van der Waals surface area (Å²) in [5.41, 5.74) is 0. The summed E-state index contributed by atoms with van der Waals surface area (Å²) in [6, 6.07) is 0.765. The fraction of sp³-hybridized carbons (Fsp3) is 0.929. The Kier molecular flexibility index (Phi) is 5.98. The van der Waals surface area contributed by atoms with E-state index in [1.807, 2.05) is 11.9 Å². The highest BCUT2D eigenvalue weighted by Crippen LogP contribution is 2.25. The average Bonchev–Trinajstić information content (AvgIpc) is 2.94. The van der Waals surface area contributed by atoms with Gasteiger partial charge in [-0.2, -0.15) is 11.8 Å². The van der Waals surface area contributed by atoms with Crippen LogP contribution in [-0.4, -0.2) is 73.0 Å². The first-order chi connectivity index (χ1) is 9.24. The Morgan fingerprint density at radius 2 is 2.11 bits per heavy atom. The Bertz CT molecular complexity index is 294. The molecule has 0 saturated carbocycles. The molecular formula is C14H27N3OS. The van der Waals surface area contributed by atoms with Crippen molar-refractivity contribution in [1.29, 1.82) is 0 Å². The third kappa shape index (κ3) is 3.86. The molecule has 0 radical (unpaired) electrons. The van der Waals surface area contributed by atoms with Crippen LogP contribution in [0.25, 0.3) is 0 Å². The minimum Gasteiger partial charge on any atom is -0.344 e. The molecule has 4 nitrogen and oxygen atoms in total. The number of nitrogens with one attached hydrogen (secondary N) is 1. The van der Waals surface area contributed by atoms with Gasteiger partial charge in [-0.3, -0.25) is 9.69 Å². The minimum atomic E-state index is 0.148. The lowest BCUT2D eigenvalue weighted by molar-refractivity contribution is -0.135. The van der Waals surface area contributed by atoms with Crippen molar-refractivity contribution in [3.63, 3.8) is 0 Å². The van der Waals surface area contributed by atoms with E-state index in [-0.39, 0.29) is 6.04 Å². The number of rotatable bonds is 5. The summed E-state index contributed by atoms with van der Waals surface area (Å²) in [6.45, 7) is 4.18. The van der Waals surface area contributed by atoms with Crippen LogP contribution < -0.4 is 5.32 Å². The Morgan fingerprint density at radius 3 is 2.79 bits per heavy atom. The number of hydrogen-bond acceptors (Lipinski definition) is 4. The molecule has 2 heterocycles. The summed E-state index contributed by atoms with van der Waals surface area (Å²) < 4.78 is 0. The minimum absolute atomic E-state index is 0.148. The zero-order valence-electron chi connectivity index (χ0n) is 12.2. The molecule has 5 heteroatoms. The number of likely N-dealkylation sites (tertiary alicyclic amines) is 1.